The summed E-state index contributed by atoms with van der Waals surface area (Å²) in [6.45, 7) is 2.37. The Balaban J connectivity index is 3.62. The molecular formula is C9H13NO4S. The number of hydrogen-bond donors (Lipinski definition) is 1. The molecule has 0 radical (unpaired) electrons. The van der Waals surface area contributed by atoms with E-state index in [4.69, 9.17) is 17.0 Å². The molecule has 0 rings (SSSR count). The van der Waals surface area contributed by atoms with Crippen molar-refractivity contribution in [1.29, 1.82) is 0 Å². The van der Waals surface area contributed by atoms with E-state index in [1.54, 1.807) is 6.92 Å². The maximum Gasteiger partial charge on any atom is 0.331 e. The number of rotatable bonds is 5. The summed E-state index contributed by atoms with van der Waals surface area (Å²) in [5, 5.41) is 2.82. The highest BCUT2D eigenvalue weighted by Crippen LogP contribution is 1.83. The largest absolute Gasteiger partial charge is 0.466 e. The predicted molar refractivity (Wildman–Crippen MR) is 58.4 cm³/mol. The molecule has 0 aliphatic heterocycles. The number of hydrogen-bond acceptors (Lipinski definition) is 5. The quantitative estimate of drug-likeness (QED) is 0.315. The minimum Gasteiger partial charge on any atom is -0.466 e. The van der Waals surface area contributed by atoms with Crippen molar-refractivity contribution in [1.82, 2.24) is 5.32 Å². The lowest BCUT2D eigenvalue weighted by Crippen LogP contribution is -2.24. The summed E-state index contributed by atoms with van der Waals surface area (Å²) < 4.78 is 9.03. The summed E-state index contributed by atoms with van der Waals surface area (Å²) >= 11 is 4.75. The van der Waals surface area contributed by atoms with Crippen LogP contribution in [0.15, 0.2) is 12.2 Å². The third kappa shape index (κ3) is 8.89. The minimum absolute atomic E-state index is 0.193. The van der Waals surface area contributed by atoms with Gasteiger partial charge in [0.15, 0.2) is 0 Å². The maximum atomic E-state index is 10.9. The van der Waals surface area contributed by atoms with Gasteiger partial charge in [-0.05, 0) is 6.92 Å². The molecule has 0 aliphatic carbocycles. The van der Waals surface area contributed by atoms with Crippen LogP contribution in [-0.4, -0.2) is 37.2 Å². The molecule has 0 aliphatic rings. The van der Waals surface area contributed by atoms with Gasteiger partial charge >= 0.3 is 11.9 Å². The van der Waals surface area contributed by atoms with Crippen LogP contribution in [0.1, 0.15) is 6.92 Å². The Morgan fingerprint density at radius 3 is 2.47 bits per heavy atom. The minimum atomic E-state index is -0.597. The highest BCUT2D eigenvalue weighted by atomic mass is 32.1. The molecule has 0 atom stereocenters. The Hall–Kier alpha value is -1.43. The van der Waals surface area contributed by atoms with E-state index < -0.39 is 11.9 Å². The van der Waals surface area contributed by atoms with Crippen molar-refractivity contribution in [2.24, 2.45) is 0 Å². The summed E-state index contributed by atoms with van der Waals surface area (Å²) in [4.78, 5) is 22.2. The van der Waals surface area contributed by atoms with Crippen molar-refractivity contribution in [2.45, 2.75) is 6.92 Å². The lowest BCUT2D eigenvalue weighted by atomic mass is 10.5. The van der Waals surface area contributed by atoms with Crippen LogP contribution in [0.4, 0.5) is 0 Å². The molecule has 0 aromatic rings. The monoisotopic (exact) mass is 231 g/mol. The second kappa shape index (κ2) is 7.93. The summed E-state index contributed by atoms with van der Waals surface area (Å²) in [7, 11) is 1.23. The molecular weight excluding hydrogens is 218 g/mol. The molecule has 5 nitrogen and oxygen atoms in total. The third-order valence-corrected chi connectivity index (χ3v) is 1.42. The second-order valence-corrected chi connectivity index (χ2v) is 3.12. The molecule has 0 spiro atoms. The molecule has 0 unspecified atom stereocenters. The summed E-state index contributed by atoms with van der Waals surface area (Å²) in [5.74, 6) is -1.19. The predicted octanol–water partition coefficient (Wildman–Crippen LogP) is 0.196. The summed E-state index contributed by atoms with van der Waals surface area (Å²) in [6.07, 6.45) is 2.01. The average Bonchev–Trinajstić information content (AvgIpc) is 2.20. The Bertz CT molecular complexity index is 275. The summed E-state index contributed by atoms with van der Waals surface area (Å²) in [5.41, 5.74) is 0. The van der Waals surface area contributed by atoms with E-state index in [1.165, 1.54) is 7.11 Å². The van der Waals surface area contributed by atoms with E-state index in [0.717, 1.165) is 12.2 Å². The third-order valence-electron chi connectivity index (χ3n) is 1.28. The molecule has 0 amide bonds. The SMILES string of the molecule is COC(=O)/C=C/C(=O)OCCNC(C)=S. The average molecular weight is 231 g/mol. The fraction of sp³-hybridized carbons (Fsp3) is 0.444. The van der Waals surface area contributed by atoms with Crippen LogP contribution in [0.25, 0.3) is 0 Å². The Labute approximate surface area is 93.4 Å². The number of carbonyl (C=O) groups excluding carboxylic acids is 2. The van der Waals surface area contributed by atoms with Crippen LogP contribution in [0.2, 0.25) is 0 Å². The van der Waals surface area contributed by atoms with Crippen LogP contribution in [0.5, 0.6) is 0 Å². The fourth-order valence-electron chi connectivity index (χ4n) is 0.631. The van der Waals surface area contributed by atoms with Gasteiger partial charge in [0.1, 0.15) is 6.61 Å². The van der Waals surface area contributed by atoms with Gasteiger partial charge in [0.2, 0.25) is 0 Å². The van der Waals surface area contributed by atoms with Crippen molar-refractivity contribution in [3.05, 3.63) is 12.2 Å². The molecule has 0 bridgehead atoms. The maximum absolute atomic E-state index is 10.9. The highest BCUT2D eigenvalue weighted by Gasteiger charge is 1.98. The first kappa shape index (κ1) is 13.6. The first-order valence-corrected chi connectivity index (χ1v) is 4.64. The van der Waals surface area contributed by atoms with Crippen molar-refractivity contribution in [2.75, 3.05) is 20.3 Å². The Kier molecular flexibility index (Phi) is 7.17. The van der Waals surface area contributed by atoms with Gasteiger partial charge in [-0.3, -0.25) is 0 Å². The van der Waals surface area contributed by atoms with E-state index in [1.807, 2.05) is 0 Å². The van der Waals surface area contributed by atoms with E-state index in [2.05, 4.69) is 10.1 Å². The molecule has 84 valence electrons. The van der Waals surface area contributed by atoms with Crippen LogP contribution < -0.4 is 5.32 Å². The Morgan fingerprint density at radius 2 is 1.93 bits per heavy atom. The number of nitrogens with one attached hydrogen (secondary N) is 1. The molecule has 6 heteroatoms. The first-order valence-electron chi connectivity index (χ1n) is 4.23. The smallest absolute Gasteiger partial charge is 0.331 e. The van der Waals surface area contributed by atoms with E-state index >= 15 is 0 Å². The van der Waals surface area contributed by atoms with E-state index in [0.29, 0.717) is 11.5 Å². The topological polar surface area (TPSA) is 64.6 Å². The molecule has 0 saturated carbocycles. The van der Waals surface area contributed by atoms with Gasteiger partial charge in [0, 0.05) is 18.7 Å². The standard InChI is InChI=1S/C9H13NO4S/c1-7(15)10-5-6-14-9(12)4-3-8(11)13-2/h3-4H,5-6H2,1-2H3,(H,10,15)/b4-3+. The van der Waals surface area contributed by atoms with Gasteiger partial charge < -0.3 is 14.8 Å². The zero-order valence-corrected chi connectivity index (χ0v) is 9.43. The zero-order chi connectivity index (χ0) is 11.7. The second-order valence-electron chi connectivity index (χ2n) is 2.51. The van der Waals surface area contributed by atoms with Gasteiger partial charge in [-0.25, -0.2) is 9.59 Å². The fourth-order valence-corrected chi connectivity index (χ4v) is 0.733. The lowest BCUT2D eigenvalue weighted by molar-refractivity contribution is -0.139. The first-order chi connectivity index (χ1) is 7.06. The van der Waals surface area contributed by atoms with Gasteiger partial charge in [0.05, 0.1) is 12.1 Å². The lowest BCUT2D eigenvalue weighted by Gasteiger charge is -2.03. The number of methoxy groups -OCH3 is 1. The number of esters is 2. The molecule has 0 fully saturated rings. The van der Waals surface area contributed by atoms with Crippen molar-refractivity contribution < 1.29 is 19.1 Å². The molecule has 0 aromatic carbocycles. The zero-order valence-electron chi connectivity index (χ0n) is 8.61. The number of carbonyl (C=O) groups is 2. The summed E-state index contributed by atoms with van der Waals surface area (Å²) in [6, 6.07) is 0. The van der Waals surface area contributed by atoms with E-state index in [-0.39, 0.29) is 6.61 Å². The van der Waals surface area contributed by atoms with Crippen LogP contribution in [-0.2, 0) is 19.1 Å². The molecule has 0 saturated heterocycles. The van der Waals surface area contributed by atoms with Gasteiger partial charge in [-0.2, -0.15) is 0 Å². The highest BCUT2D eigenvalue weighted by molar-refractivity contribution is 7.80. The van der Waals surface area contributed by atoms with E-state index in [9.17, 15) is 9.59 Å². The number of ether oxygens (including phenoxy) is 2. The molecule has 0 aromatic heterocycles. The van der Waals surface area contributed by atoms with Crippen molar-refractivity contribution >= 4 is 29.1 Å². The van der Waals surface area contributed by atoms with Crippen LogP contribution in [0.3, 0.4) is 0 Å². The molecule has 0 heterocycles. The number of thiocarbonyl (C=S) groups is 1. The van der Waals surface area contributed by atoms with Gasteiger partial charge in [0.25, 0.3) is 0 Å². The Morgan fingerprint density at radius 1 is 1.33 bits per heavy atom. The molecule has 15 heavy (non-hydrogen) atoms. The molecule has 1 N–H and O–H groups in total. The normalized spacial score (nSPS) is 9.73. The van der Waals surface area contributed by atoms with Gasteiger partial charge in [-0.15, -0.1) is 0 Å². The van der Waals surface area contributed by atoms with Crippen molar-refractivity contribution in [3.8, 4) is 0 Å². The van der Waals surface area contributed by atoms with Crippen LogP contribution >= 0.6 is 12.2 Å². The van der Waals surface area contributed by atoms with Crippen LogP contribution in [0, 0.1) is 0 Å². The van der Waals surface area contributed by atoms with Gasteiger partial charge in [-0.1, -0.05) is 12.2 Å². The van der Waals surface area contributed by atoms with Crippen molar-refractivity contribution in [3.63, 3.8) is 0 Å².